The van der Waals surface area contributed by atoms with Gasteiger partial charge in [0.05, 0.1) is 0 Å². The summed E-state index contributed by atoms with van der Waals surface area (Å²) in [6.45, 7) is 0.872. The van der Waals surface area contributed by atoms with Crippen LogP contribution in [0.25, 0.3) is 0 Å². The number of nitrogens with one attached hydrogen (secondary N) is 1. The van der Waals surface area contributed by atoms with E-state index in [1.807, 2.05) is 18.2 Å². The van der Waals surface area contributed by atoms with Crippen LogP contribution < -0.4 is 5.32 Å². The molecule has 110 valence electrons. The summed E-state index contributed by atoms with van der Waals surface area (Å²) >= 11 is 6.77. The Morgan fingerprint density at radius 3 is 2.35 bits per heavy atom. The van der Waals surface area contributed by atoms with Crippen molar-refractivity contribution in [1.82, 2.24) is 5.32 Å². The molecule has 1 aromatic rings. The van der Waals surface area contributed by atoms with Gasteiger partial charge in [-0.15, -0.1) is 0 Å². The van der Waals surface area contributed by atoms with Crippen molar-refractivity contribution in [1.29, 1.82) is 0 Å². The fraction of sp³-hybridized carbons (Fsp3) is 0.533. The van der Waals surface area contributed by atoms with Gasteiger partial charge < -0.3 is 10.4 Å². The maximum absolute atomic E-state index is 12.2. The van der Waals surface area contributed by atoms with Crippen LogP contribution in [0, 0.1) is 11.8 Å². The third kappa shape index (κ3) is 4.30. The Labute approximate surface area is 136 Å². The zero-order chi connectivity index (χ0) is 14.5. The number of aliphatic hydroxyl groups is 1. The van der Waals surface area contributed by atoms with Crippen molar-refractivity contribution in [3.63, 3.8) is 0 Å². The molecule has 2 rings (SSSR count). The van der Waals surface area contributed by atoms with Crippen LogP contribution in [0.5, 0.6) is 0 Å². The Bertz CT molecular complexity index is 459. The number of carbonyl (C=O) groups excluding carboxylic acids is 1. The van der Waals surface area contributed by atoms with E-state index in [0.717, 1.165) is 21.8 Å². The molecular weight excluding hydrogens is 386 g/mol. The first kappa shape index (κ1) is 16.0. The van der Waals surface area contributed by atoms with Gasteiger partial charge in [0.1, 0.15) is 0 Å². The molecule has 5 heteroatoms. The number of hydrogen-bond acceptors (Lipinski definition) is 2. The monoisotopic (exact) mass is 403 g/mol. The van der Waals surface area contributed by atoms with Crippen LogP contribution in [0.15, 0.2) is 27.1 Å². The van der Waals surface area contributed by atoms with E-state index >= 15 is 0 Å². The van der Waals surface area contributed by atoms with Gasteiger partial charge in [0.2, 0.25) is 0 Å². The predicted octanol–water partition coefficient (Wildman–Crippen LogP) is 3.74. The van der Waals surface area contributed by atoms with Gasteiger partial charge in [0.15, 0.2) is 0 Å². The fourth-order valence-corrected chi connectivity index (χ4v) is 4.10. The quantitative estimate of drug-likeness (QED) is 0.802. The largest absolute Gasteiger partial charge is 0.396 e. The Kier molecular flexibility index (Phi) is 6.05. The van der Waals surface area contributed by atoms with Crippen molar-refractivity contribution in [2.24, 2.45) is 11.8 Å². The molecule has 1 aliphatic carbocycles. The maximum Gasteiger partial charge on any atom is 0.251 e. The topological polar surface area (TPSA) is 49.3 Å². The van der Waals surface area contributed by atoms with Crippen molar-refractivity contribution >= 4 is 37.8 Å². The normalized spacial score (nSPS) is 22.6. The first-order chi connectivity index (χ1) is 9.60. The smallest absolute Gasteiger partial charge is 0.251 e. The lowest BCUT2D eigenvalue weighted by Crippen LogP contribution is -2.35. The zero-order valence-electron chi connectivity index (χ0n) is 11.2. The summed E-state index contributed by atoms with van der Waals surface area (Å²) in [7, 11) is 0. The standard InChI is InChI=1S/C15H19Br2NO2/c16-13-5-12(6-14(17)7-13)15(20)18-8-10-3-1-2-4-11(10)9-19/h5-7,10-11,19H,1-4,8-9H2,(H,18,20). The van der Waals surface area contributed by atoms with Crippen LogP contribution in [0.4, 0.5) is 0 Å². The molecular formula is C15H19Br2NO2. The van der Waals surface area contributed by atoms with E-state index in [0.29, 0.717) is 23.9 Å². The van der Waals surface area contributed by atoms with E-state index in [4.69, 9.17) is 0 Å². The number of carbonyl (C=O) groups is 1. The van der Waals surface area contributed by atoms with Crippen molar-refractivity contribution in [3.05, 3.63) is 32.7 Å². The highest BCUT2D eigenvalue weighted by molar-refractivity contribution is 9.11. The van der Waals surface area contributed by atoms with Gasteiger partial charge in [0.25, 0.3) is 5.91 Å². The third-order valence-electron chi connectivity index (χ3n) is 3.95. The van der Waals surface area contributed by atoms with Gasteiger partial charge in [-0.1, -0.05) is 44.7 Å². The van der Waals surface area contributed by atoms with Crippen molar-refractivity contribution in [2.75, 3.05) is 13.2 Å². The van der Waals surface area contributed by atoms with Gasteiger partial charge in [-0.2, -0.15) is 0 Å². The third-order valence-corrected chi connectivity index (χ3v) is 4.87. The summed E-state index contributed by atoms with van der Waals surface area (Å²) in [5.41, 5.74) is 0.641. The second-order valence-electron chi connectivity index (χ2n) is 5.36. The Morgan fingerprint density at radius 2 is 1.75 bits per heavy atom. The molecule has 1 aromatic carbocycles. The summed E-state index contributed by atoms with van der Waals surface area (Å²) in [5.74, 6) is 0.667. The minimum absolute atomic E-state index is 0.0609. The summed E-state index contributed by atoms with van der Waals surface area (Å²) in [4.78, 5) is 12.2. The molecule has 1 fully saturated rings. The first-order valence-electron chi connectivity index (χ1n) is 6.95. The van der Waals surface area contributed by atoms with Crippen molar-refractivity contribution < 1.29 is 9.90 Å². The molecule has 1 aliphatic rings. The van der Waals surface area contributed by atoms with Crippen LogP contribution in [-0.4, -0.2) is 24.2 Å². The Balaban J connectivity index is 1.94. The lowest BCUT2D eigenvalue weighted by molar-refractivity contribution is 0.0909. The van der Waals surface area contributed by atoms with Crippen molar-refractivity contribution in [2.45, 2.75) is 25.7 Å². The molecule has 20 heavy (non-hydrogen) atoms. The number of aliphatic hydroxyl groups excluding tert-OH is 1. The van der Waals surface area contributed by atoms with Gasteiger partial charge in [-0.3, -0.25) is 4.79 Å². The summed E-state index contributed by atoms with van der Waals surface area (Å²) in [6, 6.07) is 5.52. The molecule has 2 unspecified atom stereocenters. The van der Waals surface area contributed by atoms with E-state index in [9.17, 15) is 9.90 Å². The van der Waals surface area contributed by atoms with E-state index in [-0.39, 0.29) is 12.5 Å². The second kappa shape index (κ2) is 7.57. The molecule has 0 heterocycles. The summed E-state index contributed by atoms with van der Waals surface area (Å²) in [5, 5.41) is 12.4. The Morgan fingerprint density at radius 1 is 1.15 bits per heavy atom. The van der Waals surface area contributed by atoms with Crippen LogP contribution >= 0.6 is 31.9 Å². The average Bonchev–Trinajstić information content (AvgIpc) is 2.44. The molecule has 3 nitrogen and oxygen atoms in total. The highest BCUT2D eigenvalue weighted by Crippen LogP contribution is 2.29. The minimum Gasteiger partial charge on any atom is -0.396 e. The zero-order valence-corrected chi connectivity index (χ0v) is 14.4. The number of benzene rings is 1. The van der Waals surface area contributed by atoms with Crippen LogP contribution in [0.2, 0.25) is 0 Å². The predicted molar refractivity (Wildman–Crippen MR) is 86.7 cm³/mol. The number of amides is 1. The first-order valence-corrected chi connectivity index (χ1v) is 8.54. The van der Waals surface area contributed by atoms with E-state index < -0.39 is 0 Å². The molecule has 2 atom stereocenters. The second-order valence-corrected chi connectivity index (χ2v) is 7.19. The SMILES string of the molecule is O=C(NCC1CCCCC1CO)c1cc(Br)cc(Br)c1. The van der Waals surface area contributed by atoms with Gasteiger partial charge in [-0.05, 0) is 42.9 Å². The summed E-state index contributed by atoms with van der Waals surface area (Å²) in [6.07, 6.45) is 4.54. The molecule has 0 bridgehead atoms. The molecule has 0 saturated heterocycles. The minimum atomic E-state index is -0.0609. The Hall–Kier alpha value is -0.390. The number of rotatable bonds is 4. The van der Waals surface area contributed by atoms with Crippen LogP contribution in [-0.2, 0) is 0 Å². The van der Waals surface area contributed by atoms with Crippen LogP contribution in [0.1, 0.15) is 36.0 Å². The fourth-order valence-electron chi connectivity index (χ4n) is 2.80. The van der Waals surface area contributed by atoms with E-state index in [2.05, 4.69) is 37.2 Å². The molecule has 0 aliphatic heterocycles. The summed E-state index contributed by atoms with van der Waals surface area (Å²) < 4.78 is 1.76. The maximum atomic E-state index is 12.2. The number of halogens is 2. The molecule has 0 spiro atoms. The molecule has 0 aromatic heterocycles. The van der Waals surface area contributed by atoms with Crippen LogP contribution in [0.3, 0.4) is 0 Å². The lowest BCUT2D eigenvalue weighted by atomic mass is 9.79. The molecule has 2 N–H and O–H groups in total. The van der Waals surface area contributed by atoms with Crippen molar-refractivity contribution in [3.8, 4) is 0 Å². The highest BCUT2D eigenvalue weighted by atomic mass is 79.9. The van der Waals surface area contributed by atoms with E-state index in [1.54, 1.807) is 0 Å². The van der Waals surface area contributed by atoms with Gasteiger partial charge in [0, 0.05) is 27.7 Å². The van der Waals surface area contributed by atoms with Gasteiger partial charge in [-0.25, -0.2) is 0 Å². The average molecular weight is 405 g/mol. The molecule has 1 amide bonds. The number of hydrogen-bond donors (Lipinski definition) is 2. The highest BCUT2D eigenvalue weighted by Gasteiger charge is 2.24. The molecule has 1 saturated carbocycles. The van der Waals surface area contributed by atoms with E-state index in [1.165, 1.54) is 12.8 Å². The molecule has 0 radical (unpaired) electrons. The van der Waals surface area contributed by atoms with Gasteiger partial charge >= 0.3 is 0 Å². The lowest BCUT2D eigenvalue weighted by Gasteiger charge is -2.30.